The number of hydrogen-bond donors (Lipinski definition) is 2. The Kier molecular flexibility index (Phi) is 9.89. The minimum absolute atomic E-state index is 0.0127. The molecule has 4 aromatic rings. The van der Waals surface area contributed by atoms with E-state index < -0.39 is 29.5 Å². The van der Waals surface area contributed by atoms with Crippen LogP contribution in [0, 0.1) is 0 Å². The Balaban J connectivity index is 1.13. The predicted molar refractivity (Wildman–Crippen MR) is 180 cm³/mol. The number of morpholine rings is 2. The number of halogens is 3. The van der Waals surface area contributed by atoms with E-state index in [-0.39, 0.29) is 78.7 Å². The molecule has 3 fully saturated rings. The highest BCUT2D eigenvalue weighted by Crippen LogP contribution is 2.38. The number of carbonyl (C=O) groups is 3. The van der Waals surface area contributed by atoms with Gasteiger partial charge in [-0.3, -0.25) is 19.3 Å². The largest absolute Gasteiger partial charge is 0.450 e. The molecule has 1 aromatic carbocycles. The maximum atomic E-state index is 14.6. The van der Waals surface area contributed by atoms with Gasteiger partial charge in [0.1, 0.15) is 11.4 Å². The summed E-state index contributed by atoms with van der Waals surface area (Å²) in [7, 11) is 0. The molecule has 0 unspecified atom stereocenters. The van der Waals surface area contributed by atoms with E-state index in [1.165, 1.54) is 6.07 Å². The van der Waals surface area contributed by atoms with Crippen LogP contribution in [0.25, 0.3) is 22.4 Å². The number of rotatable bonds is 8. The molecule has 7 rings (SSSR count). The maximum absolute atomic E-state index is 14.6. The number of carbonyl (C=O) groups excluding carboxylic acids is 3. The van der Waals surface area contributed by atoms with Gasteiger partial charge in [-0.15, -0.1) is 0 Å². The number of hydrogen-bond acceptors (Lipinski definition) is 13. The molecule has 3 aliphatic heterocycles. The zero-order chi connectivity index (χ0) is 36.4. The van der Waals surface area contributed by atoms with Crippen molar-refractivity contribution in [3.63, 3.8) is 0 Å². The first-order valence-electron chi connectivity index (χ1n) is 16.7. The summed E-state index contributed by atoms with van der Waals surface area (Å²) in [6, 6.07) is 7.20. The molecule has 0 atom stereocenters. The SMILES string of the molecule is NC(=O)c1cccc2cc(C(=O)N3CCN(c4nc(-c5cnc(NC(=O)CN6CCOCC6)cc5C(F)(F)F)nc(N5CCOCC5)n4)CC3)oc12. The summed E-state index contributed by atoms with van der Waals surface area (Å²) in [4.78, 5) is 62.6. The summed E-state index contributed by atoms with van der Waals surface area (Å²) in [5.41, 5.74) is 4.39. The lowest BCUT2D eigenvalue weighted by atomic mass is 10.1. The van der Waals surface area contributed by atoms with E-state index in [9.17, 15) is 27.6 Å². The zero-order valence-corrected chi connectivity index (χ0v) is 27.9. The second kappa shape index (κ2) is 14.7. The van der Waals surface area contributed by atoms with Crippen LogP contribution in [0.15, 0.2) is 40.9 Å². The number of alkyl halides is 3. The van der Waals surface area contributed by atoms with Crippen LogP contribution < -0.4 is 20.9 Å². The molecule has 3 aromatic heterocycles. The highest BCUT2D eigenvalue weighted by atomic mass is 19.4. The minimum atomic E-state index is -4.84. The van der Waals surface area contributed by atoms with Crippen molar-refractivity contribution in [1.82, 2.24) is 29.7 Å². The summed E-state index contributed by atoms with van der Waals surface area (Å²) in [6.45, 7) is 4.54. The smallest absolute Gasteiger partial charge is 0.417 e. The van der Waals surface area contributed by atoms with Crippen LogP contribution in [-0.2, 0) is 20.4 Å². The first-order chi connectivity index (χ1) is 25.0. The van der Waals surface area contributed by atoms with Gasteiger partial charge in [0.25, 0.3) is 11.8 Å². The first-order valence-corrected chi connectivity index (χ1v) is 16.7. The van der Waals surface area contributed by atoms with Gasteiger partial charge in [-0.05, 0) is 18.2 Å². The second-order valence-corrected chi connectivity index (χ2v) is 12.4. The molecule has 0 saturated carbocycles. The van der Waals surface area contributed by atoms with Gasteiger partial charge in [-0.2, -0.15) is 28.1 Å². The molecule has 52 heavy (non-hydrogen) atoms. The molecule has 3 saturated heterocycles. The quantitative estimate of drug-likeness (QED) is 0.269. The fourth-order valence-corrected chi connectivity index (χ4v) is 6.23. The van der Waals surface area contributed by atoms with Crippen LogP contribution in [-0.4, -0.2) is 133 Å². The van der Waals surface area contributed by atoms with E-state index in [4.69, 9.17) is 19.6 Å². The van der Waals surface area contributed by atoms with Crippen molar-refractivity contribution in [3.05, 3.63) is 53.4 Å². The number of pyridine rings is 1. The number of ether oxygens (including phenoxy) is 2. The lowest BCUT2D eigenvalue weighted by Gasteiger charge is -2.35. The third kappa shape index (κ3) is 7.60. The molecule has 3 aliphatic rings. The predicted octanol–water partition coefficient (Wildman–Crippen LogP) is 1.87. The number of benzene rings is 1. The van der Waals surface area contributed by atoms with Crippen LogP contribution in [0.5, 0.6) is 0 Å². The third-order valence-electron chi connectivity index (χ3n) is 8.96. The highest BCUT2D eigenvalue weighted by molar-refractivity contribution is 6.06. The van der Waals surface area contributed by atoms with E-state index in [2.05, 4.69) is 25.3 Å². The molecule has 0 spiro atoms. The zero-order valence-electron chi connectivity index (χ0n) is 27.9. The maximum Gasteiger partial charge on any atom is 0.417 e. The topological polar surface area (TPSA) is 185 Å². The molecule has 0 bridgehead atoms. The van der Waals surface area contributed by atoms with E-state index in [1.807, 2.05) is 4.90 Å². The summed E-state index contributed by atoms with van der Waals surface area (Å²) in [5.74, 6) is -1.73. The molecule has 0 radical (unpaired) electrons. The number of amides is 3. The number of anilines is 3. The molecule has 3 amide bonds. The van der Waals surface area contributed by atoms with Gasteiger partial charge in [0.05, 0.1) is 49.7 Å². The fraction of sp³-hybridized carbons (Fsp3) is 0.424. The molecule has 19 heteroatoms. The second-order valence-electron chi connectivity index (χ2n) is 12.4. The Labute approximate surface area is 294 Å². The Morgan fingerprint density at radius 2 is 1.50 bits per heavy atom. The number of furan rings is 1. The van der Waals surface area contributed by atoms with Crippen LogP contribution in [0.4, 0.5) is 30.9 Å². The van der Waals surface area contributed by atoms with Crippen LogP contribution in [0.1, 0.15) is 26.5 Å². The van der Waals surface area contributed by atoms with Crippen molar-refractivity contribution in [2.45, 2.75) is 6.18 Å². The summed E-state index contributed by atoms with van der Waals surface area (Å²) in [5, 5.41) is 3.03. The Morgan fingerprint density at radius 3 is 2.15 bits per heavy atom. The molecule has 6 heterocycles. The van der Waals surface area contributed by atoms with Gasteiger partial charge in [0.2, 0.25) is 17.8 Å². The molecule has 16 nitrogen and oxygen atoms in total. The fourth-order valence-electron chi connectivity index (χ4n) is 6.23. The van der Waals surface area contributed by atoms with Crippen LogP contribution in [0.2, 0.25) is 0 Å². The minimum Gasteiger partial charge on any atom is -0.450 e. The number of aromatic nitrogens is 4. The van der Waals surface area contributed by atoms with Crippen molar-refractivity contribution >= 4 is 46.4 Å². The lowest BCUT2D eigenvalue weighted by molar-refractivity contribution is -0.137. The van der Waals surface area contributed by atoms with Gasteiger partial charge in [-0.25, -0.2) is 4.98 Å². The van der Waals surface area contributed by atoms with E-state index in [1.54, 1.807) is 32.9 Å². The molecular formula is C33H35F3N10O6. The molecule has 274 valence electrons. The average molecular weight is 725 g/mol. The number of primary amides is 1. The van der Waals surface area contributed by atoms with Crippen molar-refractivity contribution < 1.29 is 41.4 Å². The third-order valence-corrected chi connectivity index (χ3v) is 8.96. The number of nitrogens with two attached hydrogens (primary N) is 1. The van der Waals surface area contributed by atoms with Crippen molar-refractivity contribution in [3.8, 4) is 11.4 Å². The van der Waals surface area contributed by atoms with Gasteiger partial charge >= 0.3 is 6.18 Å². The molecular weight excluding hydrogens is 689 g/mol. The number of para-hydroxylation sites is 1. The lowest BCUT2D eigenvalue weighted by Crippen LogP contribution is -2.49. The normalized spacial score (nSPS) is 17.4. The highest BCUT2D eigenvalue weighted by Gasteiger charge is 2.36. The van der Waals surface area contributed by atoms with E-state index in [0.29, 0.717) is 58.0 Å². The summed E-state index contributed by atoms with van der Waals surface area (Å²) in [6.07, 6.45) is -3.84. The van der Waals surface area contributed by atoms with Gasteiger partial charge in [0.15, 0.2) is 11.6 Å². The van der Waals surface area contributed by atoms with Gasteiger partial charge in [0, 0.05) is 63.9 Å². The van der Waals surface area contributed by atoms with E-state index in [0.717, 1.165) is 12.3 Å². The van der Waals surface area contributed by atoms with Crippen LogP contribution in [0.3, 0.4) is 0 Å². The van der Waals surface area contributed by atoms with Crippen molar-refractivity contribution in [2.75, 3.05) is 100 Å². The number of piperazine rings is 1. The van der Waals surface area contributed by atoms with Gasteiger partial charge in [-0.1, -0.05) is 12.1 Å². The van der Waals surface area contributed by atoms with Crippen molar-refractivity contribution in [2.24, 2.45) is 5.73 Å². The Morgan fingerprint density at radius 1 is 0.846 bits per heavy atom. The first kappa shape index (κ1) is 35.0. The van der Waals surface area contributed by atoms with Gasteiger partial charge < -0.3 is 39.6 Å². The standard InChI is InChI=1S/C33H35F3N10O6/c34-33(35,36)23-17-25(39-26(47)19-43-8-12-50-13-9-43)38-18-22(23)29-40-31(42-32(41-29)46-10-14-51-15-11-46)45-6-4-44(5-7-45)30(49)24-16-20-2-1-3-21(28(37)48)27(20)52-24/h1-3,16-18H,4-15,19H2,(H2,37,48)(H,38,39,47). The number of nitrogens with zero attached hydrogens (tertiary/aromatic N) is 8. The number of fused-ring (bicyclic) bond motifs is 1. The Bertz CT molecular complexity index is 1970. The monoisotopic (exact) mass is 724 g/mol. The molecule has 0 aliphatic carbocycles. The average Bonchev–Trinajstić information content (AvgIpc) is 3.59. The van der Waals surface area contributed by atoms with Crippen LogP contribution >= 0.6 is 0 Å². The number of nitrogens with one attached hydrogen (secondary N) is 1. The summed E-state index contributed by atoms with van der Waals surface area (Å²) >= 11 is 0. The summed E-state index contributed by atoms with van der Waals surface area (Å²) < 4.78 is 60.2. The van der Waals surface area contributed by atoms with Crippen molar-refractivity contribution in [1.29, 1.82) is 0 Å². The van der Waals surface area contributed by atoms with E-state index >= 15 is 0 Å². The molecule has 3 N–H and O–H groups in total. The Hall–Kier alpha value is -5.40.